The SMILES string of the molecule is CC.CCCc1c(C)c(O)cc(C)c1C(=O)OC. The molecule has 0 aliphatic rings. The molecule has 3 nitrogen and oxygen atoms in total. The number of aromatic hydroxyl groups is 1. The van der Waals surface area contributed by atoms with Gasteiger partial charge in [0, 0.05) is 0 Å². The highest BCUT2D eigenvalue weighted by molar-refractivity contribution is 5.93. The molecule has 0 heterocycles. The fraction of sp³-hybridized carbons (Fsp3) is 0.533. The molecule has 1 rings (SSSR count). The zero-order valence-electron chi connectivity index (χ0n) is 12.3. The Kier molecular flexibility index (Phi) is 7.10. The topological polar surface area (TPSA) is 46.5 Å². The number of benzene rings is 1. The largest absolute Gasteiger partial charge is 0.508 e. The molecule has 0 spiro atoms. The molecule has 0 bridgehead atoms. The van der Waals surface area contributed by atoms with Crippen LogP contribution in [0, 0.1) is 13.8 Å². The van der Waals surface area contributed by atoms with E-state index in [1.807, 2.05) is 34.6 Å². The van der Waals surface area contributed by atoms with Gasteiger partial charge >= 0.3 is 5.97 Å². The molecule has 0 atom stereocenters. The van der Waals surface area contributed by atoms with Gasteiger partial charge in [-0.05, 0) is 43.0 Å². The van der Waals surface area contributed by atoms with Gasteiger partial charge in [-0.2, -0.15) is 0 Å². The number of carbonyl (C=O) groups is 1. The van der Waals surface area contributed by atoms with Gasteiger partial charge in [0.25, 0.3) is 0 Å². The zero-order valence-corrected chi connectivity index (χ0v) is 12.3. The number of phenols is 1. The Bertz CT molecular complexity index is 409. The first-order valence-corrected chi connectivity index (χ1v) is 6.43. The highest BCUT2D eigenvalue weighted by atomic mass is 16.5. The molecule has 0 saturated carbocycles. The Hall–Kier alpha value is -1.51. The maximum atomic E-state index is 11.7. The van der Waals surface area contributed by atoms with Crippen molar-refractivity contribution in [3.63, 3.8) is 0 Å². The molecular weight excluding hydrogens is 228 g/mol. The maximum absolute atomic E-state index is 11.7. The molecule has 0 fully saturated rings. The number of methoxy groups -OCH3 is 1. The van der Waals surface area contributed by atoms with Crippen molar-refractivity contribution in [2.24, 2.45) is 0 Å². The minimum atomic E-state index is -0.330. The van der Waals surface area contributed by atoms with Gasteiger partial charge in [0.15, 0.2) is 0 Å². The average Bonchev–Trinajstić information content (AvgIpc) is 2.37. The summed E-state index contributed by atoms with van der Waals surface area (Å²) >= 11 is 0. The molecule has 3 heteroatoms. The van der Waals surface area contributed by atoms with Crippen LogP contribution in [-0.4, -0.2) is 18.2 Å². The Balaban J connectivity index is 0.00000137. The Labute approximate surface area is 110 Å². The standard InChI is InChI=1S/C13H18O3.C2H6/c1-5-6-10-9(3)11(14)7-8(2)12(10)13(15)16-4;1-2/h7,14H,5-6H2,1-4H3;1-2H3. The Morgan fingerprint density at radius 2 is 1.89 bits per heavy atom. The summed E-state index contributed by atoms with van der Waals surface area (Å²) in [5, 5.41) is 9.73. The fourth-order valence-corrected chi connectivity index (χ4v) is 1.91. The van der Waals surface area contributed by atoms with Crippen LogP contribution in [0.25, 0.3) is 0 Å². The van der Waals surface area contributed by atoms with E-state index in [0.717, 1.165) is 29.5 Å². The number of rotatable bonds is 3. The van der Waals surface area contributed by atoms with Crippen LogP contribution in [0.4, 0.5) is 0 Å². The summed E-state index contributed by atoms with van der Waals surface area (Å²) in [6, 6.07) is 1.61. The maximum Gasteiger partial charge on any atom is 0.338 e. The van der Waals surface area contributed by atoms with Gasteiger partial charge in [-0.1, -0.05) is 27.2 Å². The molecule has 0 amide bonds. The zero-order chi connectivity index (χ0) is 14.3. The molecule has 0 aromatic heterocycles. The van der Waals surface area contributed by atoms with E-state index in [1.54, 1.807) is 6.07 Å². The van der Waals surface area contributed by atoms with E-state index in [4.69, 9.17) is 4.74 Å². The van der Waals surface area contributed by atoms with Crippen molar-refractivity contribution in [3.8, 4) is 5.75 Å². The molecule has 18 heavy (non-hydrogen) atoms. The fourth-order valence-electron chi connectivity index (χ4n) is 1.91. The number of ether oxygens (including phenoxy) is 1. The van der Waals surface area contributed by atoms with E-state index in [0.29, 0.717) is 5.56 Å². The van der Waals surface area contributed by atoms with Crippen LogP contribution in [0.5, 0.6) is 5.75 Å². The molecule has 1 aromatic carbocycles. The van der Waals surface area contributed by atoms with Gasteiger partial charge in [0.1, 0.15) is 5.75 Å². The summed E-state index contributed by atoms with van der Waals surface area (Å²) in [7, 11) is 1.37. The number of carbonyl (C=O) groups excluding carboxylic acids is 1. The summed E-state index contributed by atoms with van der Waals surface area (Å²) < 4.78 is 4.78. The van der Waals surface area contributed by atoms with E-state index in [2.05, 4.69) is 0 Å². The summed E-state index contributed by atoms with van der Waals surface area (Å²) in [5.41, 5.74) is 3.03. The summed E-state index contributed by atoms with van der Waals surface area (Å²) in [5.74, 6) is -0.0855. The Morgan fingerprint density at radius 3 is 2.33 bits per heavy atom. The second-order valence-electron chi connectivity index (χ2n) is 3.93. The lowest BCUT2D eigenvalue weighted by Gasteiger charge is -2.14. The first kappa shape index (κ1) is 16.5. The molecule has 1 aromatic rings. The van der Waals surface area contributed by atoms with Crippen LogP contribution in [0.2, 0.25) is 0 Å². The number of hydrogen-bond acceptors (Lipinski definition) is 3. The molecule has 0 saturated heterocycles. The first-order valence-electron chi connectivity index (χ1n) is 6.43. The number of esters is 1. The molecule has 1 N–H and O–H groups in total. The predicted octanol–water partition coefficient (Wildman–Crippen LogP) is 3.77. The van der Waals surface area contributed by atoms with Crippen LogP contribution in [0.3, 0.4) is 0 Å². The van der Waals surface area contributed by atoms with Gasteiger partial charge in [-0.25, -0.2) is 4.79 Å². The van der Waals surface area contributed by atoms with Crippen LogP contribution in [0.1, 0.15) is 54.2 Å². The molecule has 102 valence electrons. The highest BCUT2D eigenvalue weighted by Crippen LogP contribution is 2.28. The Morgan fingerprint density at radius 1 is 1.33 bits per heavy atom. The number of aryl methyl sites for hydroxylation is 1. The van der Waals surface area contributed by atoms with E-state index in [1.165, 1.54) is 7.11 Å². The number of phenolic OH excluding ortho intramolecular Hbond substituents is 1. The van der Waals surface area contributed by atoms with Gasteiger partial charge in [-0.15, -0.1) is 0 Å². The van der Waals surface area contributed by atoms with E-state index in [-0.39, 0.29) is 11.7 Å². The van der Waals surface area contributed by atoms with Gasteiger partial charge in [-0.3, -0.25) is 0 Å². The van der Waals surface area contributed by atoms with Crippen molar-refractivity contribution in [2.45, 2.75) is 47.5 Å². The smallest absolute Gasteiger partial charge is 0.338 e. The summed E-state index contributed by atoms with van der Waals surface area (Å²) in [6.07, 6.45) is 1.69. The van der Waals surface area contributed by atoms with Crippen LogP contribution >= 0.6 is 0 Å². The second-order valence-corrected chi connectivity index (χ2v) is 3.93. The van der Waals surface area contributed by atoms with Crippen LogP contribution in [-0.2, 0) is 11.2 Å². The van der Waals surface area contributed by atoms with Crippen molar-refractivity contribution < 1.29 is 14.6 Å². The molecule has 0 unspecified atom stereocenters. The average molecular weight is 252 g/mol. The van der Waals surface area contributed by atoms with E-state index < -0.39 is 0 Å². The molecule has 0 radical (unpaired) electrons. The van der Waals surface area contributed by atoms with E-state index >= 15 is 0 Å². The minimum absolute atomic E-state index is 0.244. The third-order valence-corrected chi connectivity index (χ3v) is 2.78. The predicted molar refractivity (Wildman–Crippen MR) is 74.3 cm³/mol. The van der Waals surface area contributed by atoms with Gasteiger partial charge in [0.05, 0.1) is 12.7 Å². The minimum Gasteiger partial charge on any atom is -0.508 e. The lowest BCUT2D eigenvalue weighted by molar-refractivity contribution is 0.0598. The second kappa shape index (κ2) is 7.75. The van der Waals surface area contributed by atoms with E-state index in [9.17, 15) is 9.90 Å². The quantitative estimate of drug-likeness (QED) is 0.833. The van der Waals surface area contributed by atoms with Crippen molar-refractivity contribution in [1.29, 1.82) is 0 Å². The number of hydrogen-bond donors (Lipinski definition) is 1. The van der Waals surface area contributed by atoms with Crippen LogP contribution < -0.4 is 0 Å². The summed E-state index contributed by atoms with van der Waals surface area (Å²) in [6.45, 7) is 9.68. The van der Waals surface area contributed by atoms with Crippen molar-refractivity contribution >= 4 is 5.97 Å². The van der Waals surface area contributed by atoms with Crippen LogP contribution in [0.15, 0.2) is 6.07 Å². The summed E-state index contributed by atoms with van der Waals surface area (Å²) in [4.78, 5) is 11.7. The normalized spacial score (nSPS) is 9.44. The first-order chi connectivity index (χ1) is 8.52. The third-order valence-electron chi connectivity index (χ3n) is 2.78. The van der Waals surface area contributed by atoms with Crippen molar-refractivity contribution in [3.05, 3.63) is 28.3 Å². The van der Waals surface area contributed by atoms with Crippen molar-refractivity contribution in [2.75, 3.05) is 7.11 Å². The molecule has 0 aliphatic heterocycles. The van der Waals surface area contributed by atoms with Gasteiger partial charge in [0.2, 0.25) is 0 Å². The molecular formula is C15H24O3. The van der Waals surface area contributed by atoms with Gasteiger partial charge < -0.3 is 9.84 Å². The molecule has 0 aliphatic carbocycles. The third kappa shape index (κ3) is 3.49. The highest BCUT2D eigenvalue weighted by Gasteiger charge is 2.18. The monoisotopic (exact) mass is 252 g/mol. The lowest BCUT2D eigenvalue weighted by atomic mass is 9.93. The van der Waals surface area contributed by atoms with Crippen molar-refractivity contribution in [1.82, 2.24) is 0 Å². The lowest BCUT2D eigenvalue weighted by Crippen LogP contribution is -2.10.